The van der Waals surface area contributed by atoms with E-state index < -0.39 is 11.9 Å². The van der Waals surface area contributed by atoms with Gasteiger partial charge in [-0.15, -0.1) is 0 Å². The van der Waals surface area contributed by atoms with E-state index in [1.165, 1.54) is 19.2 Å². The van der Waals surface area contributed by atoms with E-state index in [2.05, 4.69) is 5.32 Å². The van der Waals surface area contributed by atoms with Gasteiger partial charge >= 0.3 is 0 Å². The molecule has 0 aliphatic heterocycles. The molecule has 0 aliphatic carbocycles. The molecule has 0 aromatic heterocycles. The monoisotopic (exact) mass is 269 g/mol. The molecular weight excluding hydrogens is 249 g/mol. The van der Waals surface area contributed by atoms with Crippen LogP contribution in [0, 0.1) is 5.82 Å². The van der Waals surface area contributed by atoms with E-state index in [0.29, 0.717) is 5.56 Å². The second kappa shape index (κ2) is 7.09. The molecule has 1 rings (SSSR count). The number of benzene rings is 1. The maximum absolute atomic E-state index is 13.5. The first-order valence-corrected chi connectivity index (χ1v) is 6.25. The third kappa shape index (κ3) is 4.87. The van der Waals surface area contributed by atoms with Crippen LogP contribution in [0.1, 0.15) is 38.4 Å². The highest BCUT2D eigenvalue weighted by Gasteiger charge is 2.13. The maximum Gasteiger partial charge on any atom is 0.220 e. The van der Waals surface area contributed by atoms with Crippen LogP contribution < -0.4 is 10.1 Å². The van der Waals surface area contributed by atoms with Gasteiger partial charge in [-0.2, -0.15) is 0 Å². The molecule has 1 aromatic carbocycles. The summed E-state index contributed by atoms with van der Waals surface area (Å²) in [6.07, 6.45) is -0.407. The van der Waals surface area contributed by atoms with Crippen molar-refractivity contribution in [1.29, 1.82) is 0 Å². The Labute approximate surface area is 112 Å². The number of hydrogen-bond acceptors (Lipinski definition) is 3. The zero-order chi connectivity index (χ0) is 14.4. The molecule has 0 fully saturated rings. The molecule has 1 amide bonds. The molecule has 0 saturated carbocycles. The first-order valence-electron chi connectivity index (χ1n) is 6.25. The standard InChI is InChI=1S/C14H20FNO3/c1-9(2)16-14(18)7-5-12(17)10-4-6-13(19-3)11(15)8-10/h4,6,8-9,12,17H,5,7H2,1-3H3,(H,16,18). The normalized spacial score (nSPS) is 12.3. The molecule has 19 heavy (non-hydrogen) atoms. The predicted molar refractivity (Wildman–Crippen MR) is 70.4 cm³/mol. The van der Waals surface area contributed by atoms with Crippen LogP contribution in [-0.4, -0.2) is 24.2 Å². The molecular formula is C14H20FNO3. The third-order valence-electron chi connectivity index (χ3n) is 2.66. The highest BCUT2D eigenvalue weighted by atomic mass is 19.1. The van der Waals surface area contributed by atoms with Crippen LogP contribution in [0.15, 0.2) is 18.2 Å². The van der Waals surface area contributed by atoms with Gasteiger partial charge in [0.2, 0.25) is 5.91 Å². The number of aliphatic hydroxyl groups excluding tert-OH is 1. The molecule has 0 aliphatic rings. The molecule has 2 N–H and O–H groups in total. The number of halogens is 1. The van der Waals surface area contributed by atoms with E-state index in [1.54, 1.807) is 6.07 Å². The van der Waals surface area contributed by atoms with Crippen LogP contribution >= 0.6 is 0 Å². The van der Waals surface area contributed by atoms with E-state index >= 15 is 0 Å². The molecule has 1 unspecified atom stereocenters. The number of nitrogens with one attached hydrogen (secondary N) is 1. The smallest absolute Gasteiger partial charge is 0.220 e. The number of hydrogen-bond donors (Lipinski definition) is 2. The Kier molecular flexibility index (Phi) is 5.76. The Morgan fingerprint density at radius 1 is 1.47 bits per heavy atom. The Balaban J connectivity index is 2.56. The Morgan fingerprint density at radius 3 is 2.68 bits per heavy atom. The minimum Gasteiger partial charge on any atom is -0.494 e. The molecule has 0 spiro atoms. The SMILES string of the molecule is COc1ccc(C(O)CCC(=O)NC(C)C)cc1F. The van der Waals surface area contributed by atoms with Crippen LogP contribution in [0.5, 0.6) is 5.75 Å². The number of methoxy groups -OCH3 is 1. The van der Waals surface area contributed by atoms with E-state index in [1.807, 2.05) is 13.8 Å². The van der Waals surface area contributed by atoms with E-state index in [4.69, 9.17) is 4.74 Å². The van der Waals surface area contributed by atoms with Gasteiger partial charge in [0.15, 0.2) is 11.6 Å². The van der Waals surface area contributed by atoms with Crippen LogP contribution in [0.2, 0.25) is 0 Å². The topological polar surface area (TPSA) is 58.6 Å². The fourth-order valence-electron chi connectivity index (χ4n) is 1.72. The number of amides is 1. The van der Waals surface area contributed by atoms with Gasteiger partial charge < -0.3 is 15.2 Å². The van der Waals surface area contributed by atoms with E-state index in [0.717, 1.165) is 0 Å². The zero-order valence-corrected chi connectivity index (χ0v) is 11.4. The Hall–Kier alpha value is -1.62. The zero-order valence-electron chi connectivity index (χ0n) is 11.4. The van der Waals surface area contributed by atoms with Crippen molar-refractivity contribution in [2.24, 2.45) is 0 Å². The molecule has 1 atom stereocenters. The van der Waals surface area contributed by atoms with Gasteiger partial charge in [0.1, 0.15) is 0 Å². The summed E-state index contributed by atoms with van der Waals surface area (Å²) in [5.41, 5.74) is 0.440. The van der Waals surface area contributed by atoms with Gasteiger partial charge in [-0.05, 0) is 38.0 Å². The number of carbonyl (C=O) groups is 1. The Morgan fingerprint density at radius 2 is 2.16 bits per heavy atom. The van der Waals surface area contributed by atoms with Gasteiger partial charge in [0, 0.05) is 12.5 Å². The lowest BCUT2D eigenvalue weighted by molar-refractivity contribution is -0.122. The summed E-state index contributed by atoms with van der Waals surface area (Å²) in [5.74, 6) is -0.512. The quantitative estimate of drug-likeness (QED) is 0.832. The third-order valence-corrected chi connectivity index (χ3v) is 2.66. The summed E-state index contributed by atoms with van der Waals surface area (Å²) in [6.45, 7) is 3.74. The number of ether oxygens (including phenoxy) is 1. The highest BCUT2D eigenvalue weighted by molar-refractivity contribution is 5.76. The van der Waals surface area contributed by atoms with Crippen LogP contribution in [-0.2, 0) is 4.79 Å². The van der Waals surface area contributed by atoms with Crippen molar-refractivity contribution in [2.75, 3.05) is 7.11 Å². The molecule has 106 valence electrons. The molecule has 0 bridgehead atoms. The highest BCUT2D eigenvalue weighted by Crippen LogP contribution is 2.24. The summed E-state index contributed by atoms with van der Waals surface area (Å²) in [7, 11) is 1.38. The van der Waals surface area contributed by atoms with E-state index in [9.17, 15) is 14.3 Å². The van der Waals surface area contributed by atoms with Crippen molar-refractivity contribution in [3.8, 4) is 5.75 Å². The summed E-state index contributed by atoms with van der Waals surface area (Å²) in [6, 6.07) is 4.35. The second-order valence-corrected chi connectivity index (χ2v) is 4.67. The number of rotatable bonds is 6. The van der Waals surface area contributed by atoms with E-state index in [-0.39, 0.29) is 30.5 Å². The summed E-state index contributed by atoms with van der Waals surface area (Å²) in [4.78, 5) is 11.4. The van der Waals surface area contributed by atoms with Gasteiger partial charge in [-0.3, -0.25) is 4.79 Å². The van der Waals surface area contributed by atoms with Gasteiger partial charge in [-0.1, -0.05) is 6.07 Å². The minimum atomic E-state index is -0.863. The number of aliphatic hydroxyl groups is 1. The average molecular weight is 269 g/mol. The summed E-state index contributed by atoms with van der Waals surface area (Å²) >= 11 is 0. The van der Waals surface area contributed by atoms with Crippen LogP contribution in [0.4, 0.5) is 4.39 Å². The fraction of sp³-hybridized carbons (Fsp3) is 0.500. The minimum absolute atomic E-state index is 0.0723. The predicted octanol–water partition coefficient (Wildman–Crippen LogP) is 2.17. The lowest BCUT2D eigenvalue weighted by Gasteiger charge is -2.13. The Bertz CT molecular complexity index is 435. The molecule has 1 aromatic rings. The molecule has 0 saturated heterocycles. The van der Waals surface area contributed by atoms with Crippen molar-refractivity contribution < 1.29 is 19.0 Å². The van der Waals surface area contributed by atoms with Gasteiger partial charge in [-0.25, -0.2) is 4.39 Å². The number of carbonyl (C=O) groups excluding carboxylic acids is 1. The van der Waals surface area contributed by atoms with Crippen molar-refractivity contribution >= 4 is 5.91 Å². The van der Waals surface area contributed by atoms with Crippen molar-refractivity contribution in [3.05, 3.63) is 29.6 Å². The van der Waals surface area contributed by atoms with Gasteiger partial charge in [0.25, 0.3) is 0 Å². The largest absolute Gasteiger partial charge is 0.494 e. The lowest BCUT2D eigenvalue weighted by atomic mass is 10.0. The van der Waals surface area contributed by atoms with Crippen LogP contribution in [0.25, 0.3) is 0 Å². The summed E-state index contributed by atoms with van der Waals surface area (Å²) < 4.78 is 18.3. The summed E-state index contributed by atoms with van der Waals surface area (Å²) in [5, 5.41) is 12.6. The molecule has 0 radical (unpaired) electrons. The average Bonchev–Trinajstić information content (AvgIpc) is 2.35. The molecule has 0 heterocycles. The second-order valence-electron chi connectivity index (χ2n) is 4.67. The van der Waals surface area contributed by atoms with Crippen LogP contribution in [0.3, 0.4) is 0 Å². The first kappa shape index (κ1) is 15.4. The van der Waals surface area contributed by atoms with Crippen molar-refractivity contribution in [3.63, 3.8) is 0 Å². The van der Waals surface area contributed by atoms with Gasteiger partial charge in [0.05, 0.1) is 13.2 Å². The fourth-order valence-corrected chi connectivity index (χ4v) is 1.72. The molecule has 4 nitrogen and oxygen atoms in total. The lowest BCUT2D eigenvalue weighted by Crippen LogP contribution is -2.30. The first-order chi connectivity index (χ1) is 8.93. The van der Waals surface area contributed by atoms with Crippen molar-refractivity contribution in [1.82, 2.24) is 5.32 Å². The molecule has 5 heteroatoms. The van der Waals surface area contributed by atoms with Crippen molar-refractivity contribution in [2.45, 2.75) is 38.8 Å². The maximum atomic E-state index is 13.5.